The molecule has 1 saturated heterocycles. The summed E-state index contributed by atoms with van der Waals surface area (Å²) in [5.41, 5.74) is 1.16. The van der Waals surface area contributed by atoms with Crippen LogP contribution in [0.5, 0.6) is 0 Å². The Hall–Kier alpha value is -1.65. The third-order valence-electron chi connectivity index (χ3n) is 4.86. The fraction of sp³-hybridized carbons (Fsp3) is 0.500. The maximum absolute atomic E-state index is 11.9. The summed E-state index contributed by atoms with van der Waals surface area (Å²) in [4.78, 5) is 17.2. The number of aromatic amines is 1. The Kier molecular flexibility index (Phi) is 4.60. The summed E-state index contributed by atoms with van der Waals surface area (Å²) in [7, 11) is 2.19. The number of likely N-dealkylation sites (tertiary alicyclic amines) is 1. The first-order chi connectivity index (χ1) is 10.6. The van der Waals surface area contributed by atoms with E-state index in [1.165, 1.54) is 31.5 Å². The molecule has 2 N–H and O–H groups in total. The largest absolute Gasteiger partial charge is 0.328 e. The van der Waals surface area contributed by atoms with Gasteiger partial charge in [0.2, 0.25) is 0 Å². The van der Waals surface area contributed by atoms with E-state index in [1.807, 2.05) is 30.5 Å². The summed E-state index contributed by atoms with van der Waals surface area (Å²) in [6, 6.07) is 8.07. The molecular weight excluding hydrogens is 274 g/mol. The van der Waals surface area contributed by atoms with Crippen LogP contribution in [0.2, 0.25) is 0 Å². The molecule has 0 saturated carbocycles. The molecule has 4 heteroatoms. The fourth-order valence-corrected chi connectivity index (χ4v) is 3.31. The molecule has 2 heterocycles. The summed E-state index contributed by atoms with van der Waals surface area (Å²) < 4.78 is 0. The Morgan fingerprint density at radius 3 is 2.68 bits per heavy atom. The molecule has 0 spiro atoms. The Labute approximate surface area is 131 Å². The van der Waals surface area contributed by atoms with Gasteiger partial charge in [-0.05, 0) is 69.4 Å². The maximum Gasteiger partial charge on any atom is 0.255 e. The van der Waals surface area contributed by atoms with Crippen LogP contribution in [0, 0.1) is 5.92 Å². The lowest BCUT2D eigenvalue weighted by molar-refractivity contribution is 0.213. The third kappa shape index (κ3) is 3.23. The molecule has 1 aliphatic heterocycles. The predicted molar refractivity (Wildman–Crippen MR) is 91.2 cm³/mol. The van der Waals surface area contributed by atoms with Crippen molar-refractivity contribution in [2.24, 2.45) is 5.92 Å². The van der Waals surface area contributed by atoms with Gasteiger partial charge in [0.05, 0.1) is 0 Å². The van der Waals surface area contributed by atoms with Gasteiger partial charge in [0.25, 0.3) is 5.56 Å². The molecule has 22 heavy (non-hydrogen) atoms. The van der Waals surface area contributed by atoms with Gasteiger partial charge in [0, 0.05) is 17.6 Å². The minimum atomic E-state index is -0.0122. The zero-order valence-corrected chi connectivity index (χ0v) is 13.4. The molecule has 1 unspecified atom stereocenters. The normalized spacial score (nSPS) is 18.6. The first-order valence-electron chi connectivity index (χ1n) is 8.17. The molecule has 1 aromatic heterocycles. The van der Waals surface area contributed by atoms with Gasteiger partial charge in [0.1, 0.15) is 0 Å². The van der Waals surface area contributed by atoms with Crippen LogP contribution < -0.4 is 10.9 Å². The topological polar surface area (TPSA) is 48.1 Å². The van der Waals surface area contributed by atoms with Gasteiger partial charge in [-0.1, -0.05) is 18.2 Å². The van der Waals surface area contributed by atoms with Crippen LogP contribution >= 0.6 is 0 Å². The molecule has 3 rings (SSSR count). The highest BCUT2D eigenvalue weighted by molar-refractivity contribution is 5.84. The molecule has 1 fully saturated rings. The van der Waals surface area contributed by atoms with Crippen LogP contribution in [0.1, 0.15) is 31.4 Å². The van der Waals surface area contributed by atoms with E-state index >= 15 is 0 Å². The lowest BCUT2D eigenvalue weighted by atomic mass is 9.96. The first-order valence-corrected chi connectivity index (χ1v) is 8.17. The van der Waals surface area contributed by atoms with Gasteiger partial charge >= 0.3 is 0 Å². The lowest BCUT2D eigenvalue weighted by Gasteiger charge is -2.30. The van der Waals surface area contributed by atoms with Gasteiger partial charge in [-0.15, -0.1) is 0 Å². The smallest absolute Gasteiger partial charge is 0.255 e. The van der Waals surface area contributed by atoms with Crippen molar-refractivity contribution in [2.75, 3.05) is 26.7 Å². The van der Waals surface area contributed by atoms with Gasteiger partial charge < -0.3 is 15.2 Å². The fourth-order valence-electron chi connectivity index (χ4n) is 3.31. The van der Waals surface area contributed by atoms with E-state index in [9.17, 15) is 4.79 Å². The highest BCUT2D eigenvalue weighted by Gasteiger charge is 2.18. The van der Waals surface area contributed by atoms with Crippen molar-refractivity contribution in [3.63, 3.8) is 0 Å². The van der Waals surface area contributed by atoms with Gasteiger partial charge in [-0.2, -0.15) is 0 Å². The van der Waals surface area contributed by atoms with E-state index in [2.05, 4.69) is 29.2 Å². The van der Waals surface area contributed by atoms with Crippen molar-refractivity contribution < 1.29 is 0 Å². The lowest BCUT2D eigenvalue weighted by Crippen LogP contribution is -2.35. The Balaban J connectivity index is 1.71. The standard InChI is InChI=1S/C18H25N3O/c1-13(19-11-14-7-9-21(2)10-8-14)17-12-20-18(22)16-6-4-3-5-15(16)17/h3-6,12-14,19H,7-11H2,1-2H3,(H,20,22). The molecule has 1 aromatic carbocycles. The predicted octanol–water partition coefficient (Wildman–Crippen LogP) is 2.52. The third-order valence-corrected chi connectivity index (χ3v) is 4.86. The van der Waals surface area contributed by atoms with Crippen LogP contribution in [0.3, 0.4) is 0 Å². The zero-order valence-electron chi connectivity index (χ0n) is 13.4. The Morgan fingerprint density at radius 2 is 1.95 bits per heavy atom. The van der Waals surface area contributed by atoms with Crippen LogP contribution in [-0.2, 0) is 0 Å². The van der Waals surface area contributed by atoms with Crippen molar-refractivity contribution in [1.82, 2.24) is 15.2 Å². The van der Waals surface area contributed by atoms with E-state index in [4.69, 9.17) is 0 Å². The summed E-state index contributed by atoms with van der Waals surface area (Å²) in [5.74, 6) is 0.757. The Morgan fingerprint density at radius 1 is 1.27 bits per heavy atom. The first kappa shape index (κ1) is 15.3. The van der Waals surface area contributed by atoms with E-state index < -0.39 is 0 Å². The minimum absolute atomic E-state index is 0.0122. The molecule has 0 amide bonds. The second-order valence-corrected chi connectivity index (χ2v) is 6.50. The number of nitrogens with one attached hydrogen (secondary N) is 2. The number of rotatable bonds is 4. The average molecular weight is 299 g/mol. The summed E-state index contributed by atoms with van der Waals surface area (Å²) >= 11 is 0. The quantitative estimate of drug-likeness (QED) is 0.912. The molecule has 4 nitrogen and oxygen atoms in total. The number of piperidine rings is 1. The number of H-pyrrole nitrogens is 1. The van der Waals surface area contributed by atoms with Crippen molar-refractivity contribution in [1.29, 1.82) is 0 Å². The van der Waals surface area contributed by atoms with Crippen LogP contribution in [0.25, 0.3) is 10.8 Å². The summed E-state index contributed by atoms with van der Waals surface area (Å²) in [5, 5.41) is 5.48. The average Bonchev–Trinajstić information content (AvgIpc) is 2.55. The second kappa shape index (κ2) is 6.63. The zero-order chi connectivity index (χ0) is 15.5. The van der Waals surface area contributed by atoms with E-state index in [-0.39, 0.29) is 11.6 Å². The van der Waals surface area contributed by atoms with Gasteiger partial charge in [-0.3, -0.25) is 4.79 Å². The molecule has 118 valence electrons. The van der Waals surface area contributed by atoms with Crippen LogP contribution in [-0.4, -0.2) is 36.6 Å². The SMILES string of the molecule is CC(NCC1CCN(C)CC1)c1c[nH]c(=O)c2ccccc12. The monoisotopic (exact) mass is 299 g/mol. The number of fused-ring (bicyclic) bond motifs is 1. The number of pyridine rings is 1. The number of hydrogen-bond acceptors (Lipinski definition) is 3. The summed E-state index contributed by atoms with van der Waals surface area (Å²) in [6.45, 7) is 5.61. The molecule has 0 aliphatic carbocycles. The summed E-state index contributed by atoms with van der Waals surface area (Å²) in [6.07, 6.45) is 4.39. The molecule has 0 bridgehead atoms. The number of benzene rings is 1. The maximum atomic E-state index is 11.9. The molecule has 0 radical (unpaired) electrons. The van der Waals surface area contributed by atoms with E-state index in [0.717, 1.165) is 23.2 Å². The number of nitrogens with zero attached hydrogens (tertiary/aromatic N) is 1. The van der Waals surface area contributed by atoms with Gasteiger partial charge in [-0.25, -0.2) is 0 Å². The van der Waals surface area contributed by atoms with Crippen molar-refractivity contribution in [3.8, 4) is 0 Å². The molecular formula is C18H25N3O. The minimum Gasteiger partial charge on any atom is -0.328 e. The molecule has 1 aliphatic rings. The van der Waals surface area contributed by atoms with Gasteiger partial charge in [0.15, 0.2) is 0 Å². The van der Waals surface area contributed by atoms with Crippen molar-refractivity contribution in [2.45, 2.75) is 25.8 Å². The molecule has 1 atom stereocenters. The van der Waals surface area contributed by atoms with Crippen LogP contribution in [0.4, 0.5) is 0 Å². The van der Waals surface area contributed by atoms with Crippen LogP contribution in [0.15, 0.2) is 35.3 Å². The van der Waals surface area contributed by atoms with E-state index in [0.29, 0.717) is 0 Å². The van der Waals surface area contributed by atoms with Crippen molar-refractivity contribution in [3.05, 3.63) is 46.4 Å². The second-order valence-electron chi connectivity index (χ2n) is 6.50. The number of hydrogen-bond donors (Lipinski definition) is 2. The Bertz CT molecular complexity index is 686. The number of aromatic nitrogens is 1. The highest BCUT2D eigenvalue weighted by Crippen LogP contribution is 2.22. The highest BCUT2D eigenvalue weighted by atomic mass is 16.1. The van der Waals surface area contributed by atoms with Crippen molar-refractivity contribution >= 4 is 10.8 Å². The molecule has 2 aromatic rings. The van der Waals surface area contributed by atoms with E-state index in [1.54, 1.807) is 0 Å².